The minimum Gasteiger partial charge on any atom is -0.756 e. The number of imidazole rings is 2. The maximum Gasteiger partial charge on any atom is 0.389 e. The number of halogens is 5. The first kappa shape index (κ1) is 57.9. The van der Waals surface area contributed by atoms with Crippen LogP contribution in [-0.2, 0) is 18.6 Å². The Hall–Kier alpha value is -2.42. The zero-order valence-corrected chi connectivity index (χ0v) is 38.3. The fourth-order valence-electron chi connectivity index (χ4n) is 6.04. The molecule has 0 radical (unpaired) electrons. The van der Waals surface area contributed by atoms with E-state index in [1.165, 1.54) is 21.8 Å². The number of aliphatic hydroxyl groups excluding tert-OH is 5. The molecular formula is C35H55F5N10O11PS4-. The van der Waals surface area contributed by atoms with E-state index in [1.807, 2.05) is 12.5 Å². The number of alkyl halides is 5. The van der Waals surface area contributed by atoms with Crippen LogP contribution in [0.25, 0.3) is 22.3 Å². The van der Waals surface area contributed by atoms with Gasteiger partial charge in [0.25, 0.3) is 7.82 Å². The summed E-state index contributed by atoms with van der Waals surface area (Å²) < 4.78 is 92.9. The van der Waals surface area contributed by atoms with Crippen LogP contribution >= 0.6 is 54.9 Å². The molecule has 4 aromatic heterocycles. The minimum absolute atomic E-state index is 0. The molecule has 376 valence electrons. The van der Waals surface area contributed by atoms with Crippen LogP contribution < -0.4 is 15.5 Å². The van der Waals surface area contributed by atoms with E-state index in [0.29, 0.717) is 35.8 Å². The van der Waals surface area contributed by atoms with Gasteiger partial charge in [-0.05, 0) is 19.4 Å². The highest BCUT2D eigenvalue weighted by molar-refractivity contribution is 7.99. The number of anilines is 2. The summed E-state index contributed by atoms with van der Waals surface area (Å²) in [5, 5.41) is 56.9. The Morgan fingerprint density at radius 2 is 1.20 bits per heavy atom. The molecule has 0 spiro atoms. The molecule has 0 saturated carbocycles. The molecule has 9 atom stereocenters. The van der Waals surface area contributed by atoms with E-state index in [9.17, 15) is 56.9 Å². The van der Waals surface area contributed by atoms with Gasteiger partial charge in [0.1, 0.15) is 36.6 Å². The molecule has 2 saturated heterocycles. The van der Waals surface area contributed by atoms with E-state index in [0.717, 1.165) is 42.0 Å². The number of nitrogens with one attached hydrogen (secondary N) is 2. The van der Waals surface area contributed by atoms with Crippen LogP contribution in [0.3, 0.4) is 0 Å². The Kier molecular flexibility index (Phi) is 22.3. The molecule has 6 rings (SSSR count). The topological polar surface area (TPSA) is 300 Å². The quantitative estimate of drug-likeness (QED) is 0.0195. The van der Waals surface area contributed by atoms with Gasteiger partial charge in [-0.3, -0.25) is 13.7 Å². The van der Waals surface area contributed by atoms with E-state index in [4.69, 9.17) is 14.4 Å². The summed E-state index contributed by atoms with van der Waals surface area (Å²) in [6.07, 6.45) is -9.33. The molecule has 4 aromatic rings. The first-order valence-corrected chi connectivity index (χ1v) is 25.4. The highest BCUT2D eigenvalue weighted by Gasteiger charge is 2.46. The average Bonchev–Trinajstić information content (AvgIpc) is 3.97. The molecule has 0 aromatic carbocycles. The number of hydrogen-bond acceptors (Lipinski definition) is 22. The summed E-state index contributed by atoms with van der Waals surface area (Å²) in [5.41, 5.74) is 1.13. The molecule has 0 aliphatic carbocycles. The van der Waals surface area contributed by atoms with Gasteiger partial charge in [0, 0.05) is 42.5 Å². The van der Waals surface area contributed by atoms with Crippen LogP contribution in [0, 0.1) is 0 Å². The summed E-state index contributed by atoms with van der Waals surface area (Å²) >= 11 is 5.10. The minimum atomic E-state index is -5.06. The number of aromatic nitrogens is 8. The lowest BCUT2D eigenvalue weighted by Gasteiger charge is -2.20. The Morgan fingerprint density at radius 3 is 1.59 bits per heavy atom. The lowest BCUT2D eigenvalue weighted by molar-refractivity contribution is -0.222. The fourth-order valence-corrected chi connectivity index (χ4v) is 8.76. The number of phosphoric acid groups is 1. The fraction of sp³-hybridized carbons (Fsp3) is 0.714. The molecule has 1 unspecified atom stereocenters. The van der Waals surface area contributed by atoms with Crippen LogP contribution in [-0.4, -0.2) is 180 Å². The number of thioether (sulfide) groups is 4. The van der Waals surface area contributed by atoms with Crippen molar-refractivity contribution in [1.82, 2.24) is 39.0 Å². The normalized spacial score (nSPS) is 24.1. The van der Waals surface area contributed by atoms with Gasteiger partial charge in [-0.1, -0.05) is 38.4 Å². The van der Waals surface area contributed by atoms with Crippen molar-refractivity contribution in [3.63, 3.8) is 0 Å². The molecule has 21 nitrogen and oxygen atoms in total. The number of aliphatic hydroxyl groups is 5. The zero-order chi connectivity index (χ0) is 47.0. The smallest absolute Gasteiger partial charge is 0.389 e. The van der Waals surface area contributed by atoms with Gasteiger partial charge in [-0.15, -0.1) is 0 Å². The van der Waals surface area contributed by atoms with Crippen LogP contribution in [0.1, 0.15) is 47.1 Å². The number of fused-ring (bicyclic) bond motifs is 2. The third-order valence-corrected chi connectivity index (χ3v) is 12.6. The Labute approximate surface area is 393 Å². The van der Waals surface area contributed by atoms with Crippen molar-refractivity contribution in [3.8, 4) is 0 Å². The highest BCUT2D eigenvalue weighted by Crippen LogP contribution is 2.38. The molecule has 8 N–H and O–H groups in total. The number of rotatable bonds is 21. The van der Waals surface area contributed by atoms with Crippen LogP contribution in [0.5, 0.6) is 0 Å². The predicted octanol–water partition coefficient (Wildman–Crippen LogP) is 3.36. The first-order valence-electron chi connectivity index (χ1n) is 19.1. The van der Waals surface area contributed by atoms with Crippen molar-refractivity contribution in [3.05, 3.63) is 12.7 Å². The lowest BCUT2D eigenvalue weighted by atomic mass is 10.1. The van der Waals surface area contributed by atoms with Crippen molar-refractivity contribution >= 4 is 88.8 Å². The zero-order valence-electron chi connectivity index (χ0n) is 34.1. The summed E-state index contributed by atoms with van der Waals surface area (Å²) in [7, 11) is -5.06. The summed E-state index contributed by atoms with van der Waals surface area (Å²) in [5.74, 6) is -0.763. The SMILES string of the molecule is C.C.CSCCNc1nc(SCCC(C)(F)F)nc2c1ncn2[C@@H]1O[C@H](COP(=O)([O-])O)[C@@H](O)[C@H]1O.CSCCNc1nc(SCCC(F)(F)F)nc2c1ncn2[C@@H]1O[C@H](CO)[C@@H](O)[C@H]1O. The third kappa shape index (κ3) is 15.8. The molecule has 6 heterocycles. The van der Waals surface area contributed by atoms with Gasteiger partial charge >= 0.3 is 6.18 Å². The van der Waals surface area contributed by atoms with Gasteiger partial charge in [0.2, 0.25) is 5.92 Å². The van der Waals surface area contributed by atoms with E-state index in [-0.39, 0.29) is 54.4 Å². The molecule has 0 amide bonds. The van der Waals surface area contributed by atoms with Gasteiger partial charge < -0.3 is 60.0 Å². The van der Waals surface area contributed by atoms with Crippen molar-refractivity contribution in [2.45, 2.75) is 106 Å². The second kappa shape index (κ2) is 25.4. The molecule has 0 bridgehead atoms. The van der Waals surface area contributed by atoms with Crippen molar-refractivity contribution < 1.29 is 75.8 Å². The summed E-state index contributed by atoms with van der Waals surface area (Å²) in [6, 6.07) is 0. The van der Waals surface area contributed by atoms with Gasteiger partial charge in [-0.2, -0.15) is 36.7 Å². The van der Waals surface area contributed by atoms with Crippen molar-refractivity contribution in [2.24, 2.45) is 0 Å². The van der Waals surface area contributed by atoms with E-state index < -0.39 is 88.6 Å². The Balaban J connectivity index is 0.000000342. The molecule has 2 aliphatic heterocycles. The van der Waals surface area contributed by atoms with Crippen LogP contribution in [0.2, 0.25) is 0 Å². The predicted molar refractivity (Wildman–Crippen MR) is 240 cm³/mol. The molecule has 2 fully saturated rings. The average molecular weight is 1050 g/mol. The highest BCUT2D eigenvalue weighted by atomic mass is 32.2. The van der Waals surface area contributed by atoms with Crippen molar-refractivity contribution in [1.29, 1.82) is 0 Å². The first-order chi connectivity index (χ1) is 30.1. The Bertz CT molecular complexity index is 2180. The van der Waals surface area contributed by atoms with Gasteiger partial charge in [0.05, 0.1) is 32.3 Å². The number of nitrogens with zero attached hydrogens (tertiary/aromatic N) is 8. The number of hydrogen-bond donors (Lipinski definition) is 8. The van der Waals surface area contributed by atoms with E-state index >= 15 is 0 Å². The monoisotopic (exact) mass is 1050 g/mol. The largest absolute Gasteiger partial charge is 0.756 e. The molecule has 2 aliphatic rings. The maximum atomic E-state index is 13.2. The Morgan fingerprint density at radius 1 is 0.758 bits per heavy atom. The number of phosphoric ester groups is 1. The summed E-state index contributed by atoms with van der Waals surface area (Å²) in [6.45, 7) is 0.724. The molecule has 66 heavy (non-hydrogen) atoms. The van der Waals surface area contributed by atoms with Gasteiger partial charge in [-0.25, -0.2) is 38.7 Å². The standard InChI is InChI=1S/C17H26F2N5O7PS2.C16H22F3N5O4S2.2CH4/c1-17(18,19)3-5-34-16-22-13(20-4-6-33-2)10-14(23-16)24(8-21-10)15-12(26)11(25)9(31-15)7-30-32(27,28)29;1-29-5-3-20-12-9-13(23-15(22-12)30-4-2-16(17,18)19)24(7-21-9)14-11(27)10(26)8(6-25)28-14;;/h8-9,11-12,15,25-26H,3-7H2,1-2H3,(H,20,22,23)(H2,27,28,29);7-8,10-11,14,25-27H,2-6H2,1H3,(H,20,22,23);2*1H4/p-1/t9-,11-,12-,15-;8-,10-,11-,14-;;/m11../s1. The van der Waals surface area contributed by atoms with Crippen LogP contribution in [0.15, 0.2) is 23.0 Å². The number of ether oxygens (including phenoxy) is 2. The maximum absolute atomic E-state index is 13.2. The van der Waals surface area contributed by atoms with E-state index in [1.54, 1.807) is 23.5 Å². The van der Waals surface area contributed by atoms with Gasteiger partial charge in [0.15, 0.2) is 56.7 Å². The molecular weight excluding hydrogens is 991 g/mol. The van der Waals surface area contributed by atoms with E-state index in [2.05, 4.69) is 45.1 Å². The second-order valence-corrected chi connectivity index (χ2v) is 19.4. The van der Waals surface area contributed by atoms with Crippen LogP contribution in [0.4, 0.5) is 33.6 Å². The molecule has 31 heteroatoms. The summed E-state index contributed by atoms with van der Waals surface area (Å²) in [4.78, 5) is 45.5. The van der Waals surface area contributed by atoms with Crippen molar-refractivity contribution in [2.75, 3.05) is 72.5 Å². The second-order valence-electron chi connectivity index (χ2n) is 14.1. The lowest BCUT2D eigenvalue weighted by Crippen LogP contribution is -2.34. The third-order valence-electron chi connectivity index (χ3n) is 9.19.